The van der Waals surface area contributed by atoms with E-state index in [9.17, 15) is 29.1 Å². The van der Waals surface area contributed by atoms with Gasteiger partial charge in [-0.3, -0.25) is 19.2 Å². The molecule has 1 heterocycles. The van der Waals surface area contributed by atoms with Gasteiger partial charge in [0, 0.05) is 6.42 Å². The minimum atomic E-state index is -1.37. The first-order valence-electron chi connectivity index (χ1n) is 9.92. The molecule has 3 unspecified atom stereocenters. The van der Waals surface area contributed by atoms with Crippen molar-refractivity contribution in [2.75, 3.05) is 13.1 Å². The van der Waals surface area contributed by atoms with Gasteiger partial charge in [-0.15, -0.1) is 0 Å². The number of amides is 4. The van der Waals surface area contributed by atoms with Crippen LogP contribution in [0.25, 0.3) is 0 Å². The maximum absolute atomic E-state index is 12.6. The first-order chi connectivity index (χ1) is 14.8. The molecule has 1 saturated heterocycles. The Balaban J connectivity index is 1.94. The van der Waals surface area contributed by atoms with Crippen LogP contribution >= 0.6 is 0 Å². The minimum absolute atomic E-state index is 0.0175. The van der Waals surface area contributed by atoms with E-state index in [-0.39, 0.29) is 18.4 Å². The highest BCUT2D eigenvalue weighted by molar-refractivity contribution is 5.95. The molecule has 0 bridgehead atoms. The zero-order valence-electron chi connectivity index (χ0n) is 16.9. The number of hydrogen-bond acceptors (Lipinski definition) is 6. The van der Waals surface area contributed by atoms with Crippen molar-refractivity contribution in [3.8, 4) is 0 Å². The number of carboxylic acid groups (broad SMARTS) is 1. The van der Waals surface area contributed by atoms with Gasteiger partial charge in [0.25, 0.3) is 0 Å². The van der Waals surface area contributed by atoms with Crippen molar-refractivity contribution in [3.63, 3.8) is 0 Å². The molecule has 1 aromatic rings. The van der Waals surface area contributed by atoms with E-state index < -0.39 is 48.7 Å². The second kappa shape index (κ2) is 11.6. The van der Waals surface area contributed by atoms with Crippen LogP contribution in [0.2, 0.25) is 0 Å². The fourth-order valence-corrected chi connectivity index (χ4v) is 3.18. The fourth-order valence-electron chi connectivity index (χ4n) is 3.18. The summed E-state index contributed by atoms with van der Waals surface area (Å²) in [6.45, 7) is 0.324. The second-order valence-corrected chi connectivity index (χ2v) is 7.25. The Morgan fingerprint density at radius 1 is 1.10 bits per heavy atom. The average Bonchev–Trinajstić information content (AvgIpc) is 3.26. The molecule has 168 valence electrons. The summed E-state index contributed by atoms with van der Waals surface area (Å²) in [4.78, 5) is 59.6. The van der Waals surface area contributed by atoms with Crippen LogP contribution in [0.3, 0.4) is 0 Å². The van der Waals surface area contributed by atoms with Gasteiger partial charge in [-0.1, -0.05) is 30.3 Å². The van der Waals surface area contributed by atoms with Crippen molar-refractivity contribution in [1.82, 2.24) is 21.3 Å². The number of aliphatic carboxylic acids is 1. The molecule has 0 aliphatic carbocycles. The number of primary amides is 1. The van der Waals surface area contributed by atoms with Gasteiger partial charge in [-0.05, 0) is 24.9 Å². The molecule has 11 heteroatoms. The first kappa shape index (κ1) is 23.8. The summed E-state index contributed by atoms with van der Waals surface area (Å²) in [5.74, 6) is -4.02. The van der Waals surface area contributed by atoms with Crippen LogP contribution in [-0.4, -0.2) is 65.9 Å². The molecular formula is C20H27N5O6. The van der Waals surface area contributed by atoms with Crippen molar-refractivity contribution >= 4 is 29.6 Å². The second-order valence-electron chi connectivity index (χ2n) is 7.25. The molecule has 7 N–H and O–H groups in total. The molecule has 1 fully saturated rings. The molecule has 0 spiro atoms. The summed E-state index contributed by atoms with van der Waals surface area (Å²) in [5.41, 5.74) is 5.85. The maximum Gasteiger partial charge on any atom is 0.326 e. The Kier molecular flexibility index (Phi) is 8.94. The summed E-state index contributed by atoms with van der Waals surface area (Å²) >= 11 is 0. The predicted molar refractivity (Wildman–Crippen MR) is 109 cm³/mol. The Morgan fingerprint density at radius 2 is 1.81 bits per heavy atom. The Hall–Kier alpha value is -3.47. The SMILES string of the molecule is NC(=O)CC(NC(=O)CNC(=O)C1CCCN1)C(=O)NC(Cc1ccccc1)C(=O)O. The van der Waals surface area contributed by atoms with Crippen LogP contribution in [0.15, 0.2) is 30.3 Å². The van der Waals surface area contributed by atoms with Gasteiger partial charge in [0.15, 0.2) is 0 Å². The lowest BCUT2D eigenvalue weighted by Crippen LogP contribution is -2.55. The van der Waals surface area contributed by atoms with Gasteiger partial charge in [-0.25, -0.2) is 4.79 Å². The van der Waals surface area contributed by atoms with E-state index in [4.69, 9.17) is 5.73 Å². The molecular weight excluding hydrogens is 406 g/mol. The molecule has 1 aliphatic rings. The smallest absolute Gasteiger partial charge is 0.326 e. The van der Waals surface area contributed by atoms with Crippen LogP contribution in [0.5, 0.6) is 0 Å². The van der Waals surface area contributed by atoms with E-state index >= 15 is 0 Å². The summed E-state index contributed by atoms with van der Waals surface area (Å²) in [6.07, 6.45) is 1.02. The molecule has 0 aromatic heterocycles. The Bertz CT molecular complexity index is 810. The van der Waals surface area contributed by atoms with Gasteiger partial charge in [0.2, 0.25) is 23.6 Å². The van der Waals surface area contributed by atoms with Gasteiger partial charge in [-0.2, -0.15) is 0 Å². The number of carbonyl (C=O) groups excluding carboxylic acids is 4. The van der Waals surface area contributed by atoms with Crippen molar-refractivity contribution in [3.05, 3.63) is 35.9 Å². The van der Waals surface area contributed by atoms with Gasteiger partial charge in [0.05, 0.1) is 19.0 Å². The van der Waals surface area contributed by atoms with Gasteiger partial charge in [0.1, 0.15) is 12.1 Å². The Morgan fingerprint density at radius 3 is 2.39 bits per heavy atom. The molecule has 0 saturated carbocycles. The van der Waals surface area contributed by atoms with Crippen LogP contribution in [0.4, 0.5) is 0 Å². The lowest BCUT2D eigenvalue weighted by molar-refractivity contribution is -0.142. The van der Waals surface area contributed by atoms with E-state index in [1.807, 2.05) is 0 Å². The normalized spacial score (nSPS) is 17.2. The van der Waals surface area contributed by atoms with E-state index in [1.54, 1.807) is 30.3 Å². The largest absolute Gasteiger partial charge is 0.480 e. The highest BCUT2D eigenvalue weighted by Crippen LogP contribution is 2.05. The fraction of sp³-hybridized carbons (Fsp3) is 0.450. The summed E-state index contributed by atoms with van der Waals surface area (Å²) in [5, 5.41) is 19.5. The number of rotatable bonds is 11. The van der Waals surface area contributed by atoms with Crippen molar-refractivity contribution in [1.29, 1.82) is 0 Å². The van der Waals surface area contributed by atoms with Gasteiger partial charge >= 0.3 is 5.97 Å². The minimum Gasteiger partial charge on any atom is -0.480 e. The van der Waals surface area contributed by atoms with Crippen molar-refractivity contribution in [2.24, 2.45) is 5.73 Å². The van der Waals surface area contributed by atoms with E-state index in [1.165, 1.54) is 0 Å². The number of carbonyl (C=O) groups is 5. The van der Waals surface area contributed by atoms with Crippen molar-refractivity contribution < 1.29 is 29.1 Å². The Labute approximate surface area is 179 Å². The monoisotopic (exact) mass is 433 g/mol. The molecule has 11 nitrogen and oxygen atoms in total. The number of nitrogens with two attached hydrogens (primary N) is 1. The van der Waals surface area contributed by atoms with Crippen LogP contribution in [-0.2, 0) is 30.4 Å². The standard InChI is InChI=1S/C20H27N5O6/c21-16(26)10-14(24-17(27)11-23-18(28)13-7-4-8-22-13)19(29)25-15(20(30)31)9-12-5-2-1-3-6-12/h1-3,5-6,13-15,22H,4,7-11H2,(H2,21,26)(H,23,28)(H,24,27)(H,25,29)(H,30,31). The molecule has 3 atom stereocenters. The molecule has 31 heavy (non-hydrogen) atoms. The maximum atomic E-state index is 12.6. The molecule has 1 aliphatic heterocycles. The zero-order chi connectivity index (χ0) is 22.8. The van der Waals surface area contributed by atoms with Gasteiger partial charge < -0.3 is 32.1 Å². The van der Waals surface area contributed by atoms with Crippen LogP contribution in [0.1, 0.15) is 24.8 Å². The number of benzene rings is 1. The van der Waals surface area contributed by atoms with Crippen LogP contribution in [0, 0.1) is 0 Å². The topological polar surface area (TPSA) is 180 Å². The number of carboxylic acids is 1. The molecule has 2 rings (SSSR count). The third-order valence-corrected chi connectivity index (χ3v) is 4.75. The molecule has 4 amide bonds. The zero-order valence-corrected chi connectivity index (χ0v) is 16.9. The third-order valence-electron chi connectivity index (χ3n) is 4.75. The summed E-state index contributed by atoms with van der Waals surface area (Å²) in [6, 6.07) is 5.67. The predicted octanol–water partition coefficient (Wildman–Crippen LogP) is -1.97. The summed E-state index contributed by atoms with van der Waals surface area (Å²) < 4.78 is 0. The van der Waals surface area contributed by atoms with E-state index in [0.29, 0.717) is 12.0 Å². The molecule has 0 radical (unpaired) electrons. The number of nitrogens with one attached hydrogen (secondary N) is 4. The first-order valence-corrected chi connectivity index (χ1v) is 9.92. The molecule has 1 aromatic carbocycles. The number of hydrogen-bond donors (Lipinski definition) is 6. The summed E-state index contributed by atoms with van der Waals surface area (Å²) in [7, 11) is 0. The van der Waals surface area contributed by atoms with E-state index in [0.717, 1.165) is 13.0 Å². The lowest BCUT2D eigenvalue weighted by atomic mass is 10.1. The quantitative estimate of drug-likeness (QED) is 0.234. The highest BCUT2D eigenvalue weighted by atomic mass is 16.4. The van der Waals surface area contributed by atoms with Crippen molar-refractivity contribution in [2.45, 2.75) is 43.8 Å². The lowest BCUT2D eigenvalue weighted by Gasteiger charge is -2.21. The van der Waals surface area contributed by atoms with Crippen LogP contribution < -0.4 is 27.0 Å². The third kappa shape index (κ3) is 8.05. The average molecular weight is 433 g/mol. The highest BCUT2D eigenvalue weighted by Gasteiger charge is 2.28. The van der Waals surface area contributed by atoms with E-state index in [2.05, 4.69) is 21.3 Å².